The maximum atomic E-state index is 11.5. The second-order valence-electron chi connectivity index (χ2n) is 3.26. The van der Waals surface area contributed by atoms with Gasteiger partial charge in [-0.3, -0.25) is 4.79 Å². The Labute approximate surface area is 110 Å². The van der Waals surface area contributed by atoms with Gasteiger partial charge in [0.2, 0.25) is 6.29 Å². The van der Waals surface area contributed by atoms with Crippen molar-refractivity contribution in [1.29, 1.82) is 0 Å². The summed E-state index contributed by atoms with van der Waals surface area (Å²) in [5.41, 5.74) is 0.773. The quantitative estimate of drug-likeness (QED) is 0.840. The third-order valence-electron chi connectivity index (χ3n) is 2.11. The molecule has 1 aromatic carbocycles. The minimum Gasteiger partial charge on any atom is -0.348 e. The summed E-state index contributed by atoms with van der Waals surface area (Å²) in [4.78, 5) is 11.5. The Morgan fingerprint density at radius 1 is 1.35 bits per heavy atom. The van der Waals surface area contributed by atoms with Crippen LogP contribution in [0.15, 0.2) is 18.2 Å². The molecule has 17 heavy (non-hydrogen) atoms. The monoisotopic (exact) mass is 277 g/mol. The van der Waals surface area contributed by atoms with Gasteiger partial charge in [0, 0.05) is 30.8 Å². The Bertz CT molecular complexity index is 394. The molecule has 0 aliphatic rings. The average Bonchev–Trinajstić information content (AvgIpc) is 2.29. The lowest BCUT2D eigenvalue weighted by molar-refractivity contribution is -0.159. The lowest BCUT2D eigenvalue weighted by Crippen LogP contribution is -2.36. The van der Waals surface area contributed by atoms with Crippen molar-refractivity contribution in [2.45, 2.75) is 12.8 Å². The molecule has 1 rings (SSSR count). The van der Waals surface area contributed by atoms with Crippen LogP contribution in [-0.2, 0) is 20.8 Å². The minimum absolute atomic E-state index is 0.290. The summed E-state index contributed by atoms with van der Waals surface area (Å²) in [5.74, 6) is -0.360. The fourth-order valence-corrected chi connectivity index (χ4v) is 1.72. The Hall–Kier alpha value is -0.810. The number of carbonyl (C=O) groups excluding carboxylic acids is 1. The fraction of sp³-hybridized carbons (Fsp3) is 0.364. The van der Waals surface area contributed by atoms with Gasteiger partial charge in [-0.25, -0.2) is 0 Å². The van der Waals surface area contributed by atoms with Crippen LogP contribution in [0.2, 0.25) is 10.0 Å². The molecule has 1 aromatic rings. The predicted octanol–water partition coefficient (Wildman–Crippen LogP) is 2.23. The van der Waals surface area contributed by atoms with Crippen LogP contribution in [0.4, 0.5) is 0 Å². The van der Waals surface area contributed by atoms with Crippen LogP contribution >= 0.6 is 23.2 Å². The fourth-order valence-electron chi connectivity index (χ4n) is 1.24. The van der Waals surface area contributed by atoms with E-state index >= 15 is 0 Å². The zero-order valence-electron chi connectivity index (χ0n) is 9.50. The zero-order valence-corrected chi connectivity index (χ0v) is 11.0. The van der Waals surface area contributed by atoms with Gasteiger partial charge in [-0.05, 0) is 17.7 Å². The van der Waals surface area contributed by atoms with Crippen LogP contribution < -0.4 is 5.32 Å². The van der Waals surface area contributed by atoms with Gasteiger partial charge >= 0.3 is 0 Å². The van der Waals surface area contributed by atoms with E-state index in [1.165, 1.54) is 14.2 Å². The van der Waals surface area contributed by atoms with Gasteiger partial charge in [0.15, 0.2) is 0 Å². The maximum absolute atomic E-state index is 11.5. The summed E-state index contributed by atoms with van der Waals surface area (Å²) in [7, 11) is 2.78. The number of benzene rings is 1. The van der Waals surface area contributed by atoms with Gasteiger partial charge < -0.3 is 14.8 Å². The van der Waals surface area contributed by atoms with Crippen molar-refractivity contribution in [3.05, 3.63) is 33.8 Å². The molecule has 6 heteroatoms. The molecule has 4 nitrogen and oxygen atoms in total. The third kappa shape index (κ3) is 4.16. The zero-order chi connectivity index (χ0) is 12.8. The van der Waals surface area contributed by atoms with Crippen molar-refractivity contribution in [2.24, 2.45) is 0 Å². The number of halogens is 2. The second-order valence-corrected chi connectivity index (χ2v) is 4.10. The molecule has 1 amide bonds. The molecule has 1 N–H and O–H groups in total. The van der Waals surface area contributed by atoms with E-state index in [-0.39, 0.29) is 12.5 Å². The van der Waals surface area contributed by atoms with Crippen molar-refractivity contribution in [3.63, 3.8) is 0 Å². The normalized spacial score (nSPS) is 10.6. The molecule has 0 spiro atoms. The largest absolute Gasteiger partial charge is 0.348 e. The van der Waals surface area contributed by atoms with Crippen molar-refractivity contribution < 1.29 is 14.3 Å². The molecule has 94 valence electrons. The Morgan fingerprint density at radius 2 is 2.00 bits per heavy atom. The van der Waals surface area contributed by atoms with E-state index in [2.05, 4.69) is 5.32 Å². The molecule has 0 aliphatic heterocycles. The molecule has 0 heterocycles. The molecule has 0 bridgehead atoms. The second kappa shape index (κ2) is 6.81. The molecule has 0 unspecified atom stereocenters. The highest BCUT2D eigenvalue weighted by Crippen LogP contribution is 2.20. The van der Waals surface area contributed by atoms with Crippen molar-refractivity contribution in [2.75, 3.05) is 14.2 Å². The molecular formula is C11H13Cl2NO3. The Balaban J connectivity index is 2.58. The van der Waals surface area contributed by atoms with Crippen LogP contribution in [0.25, 0.3) is 0 Å². The summed E-state index contributed by atoms with van der Waals surface area (Å²) >= 11 is 11.7. The number of rotatable bonds is 5. The van der Waals surface area contributed by atoms with E-state index in [0.717, 1.165) is 5.56 Å². The number of amides is 1. The smallest absolute Gasteiger partial charge is 0.277 e. The predicted molar refractivity (Wildman–Crippen MR) is 66.1 cm³/mol. The Morgan fingerprint density at radius 3 is 2.53 bits per heavy atom. The first-order valence-electron chi connectivity index (χ1n) is 4.85. The van der Waals surface area contributed by atoms with Crippen molar-refractivity contribution >= 4 is 29.1 Å². The van der Waals surface area contributed by atoms with Gasteiger partial charge in [-0.1, -0.05) is 29.3 Å². The summed E-state index contributed by atoms with van der Waals surface area (Å²) in [6, 6.07) is 5.08. The number of ether oxygens (including phenoxy) is 2. The molecule has 0 atom stereocenters. The van der Waals surface area contributed by atoms with E-state index in [1.807, 2.05) is 0 Å². The number of hydrogen-bond acceptors (Lipinski definition) is 3. The van der Waals surface area contributed by atoms with E-state index in [0.29, 0.717) is 10.0 Å². The maximum Gasteiger partial charge on any atom is 0.277 e. The first-order chi connectivity index (χ1) is 8.08. The average molecular weight is 278 g/mol. The van der Waals surface area contributed by atoms with Crippen molar-refractivity contribution in [3.8, 4) is 0 Å². The van der Waals surface area contributed by atoms with E-state index in [4.69, 9.17) is 32.7 Å². The number of hydrogen-bond donors (Lipinski definition) is 1. The highest BCUT2D eigenvalue weighted by atomic mass is 35.5. The minimum atomic E-state index is -0.916. The van der Waals surface area contributed by atoms with Crippen LogP contribution in [0.5, 0.6) is 0 Å². The first kappa shape index (κ1) is 14.3. The summed E-state index contributed by atoms with van der Waals surface area (Å²) in [5, 5.41) is 3.70. The van der Waals surface area contributed by atoms with Gasteiger partial charge in [0.25, 0.3) is 5.91 Å². The lowest BCUT2D eigenvalue weighted by atomic mass is 10.2. The highest BCUT2D eigenvalue weighted by molar-refractivity contribution is 6.35. The molecule has 0 radical (unpaired) electrons. The molecular weight excluding hydrogens is 265 g/mol. The van der Waals surface area contributed by atoms with Crippen LogP contribution in [0.3, 0.4) is 0 Å². The molecule has 0 aromatic heterocycles. The molecule has 0 saturated carbocycles. The highest BCUT2D eigenvalue weighted by Gasteiger charge is 2.16. The van der Waals surface area contributed by atoms with Crippen LogP contribution in [0.1, 0.15) is 5.56 Å². The van der Waals surface area contributed by atoms with E-state index in [9.17, 15) is 4.79 Å². The van der Waals surface area contributed by atoms with Crippen molar-refractivity contribution in [1.82, 2.24) is 5.32 Å². The molecule has 0 saturated heterocycles. The Kier molecular flexibility index (Phi) is 5.71. The van der Waals surface area contributed by atoms with Gasteiger partial charge in [0.05, 0.1) is 0 Å². The molecule has 0 aliphatic carbocycles. The number of methoxy groups -OCH3 is 2. The topological polar surface area (TPSA) is 47.6 Å². The number of nitrogens with one attached hydrogen (secondary N) is 1. The third-order valence-corrected chi connectivity index (χ3v) is 2.70. The van der Waals surface area contributed by atoms with Gasteiger partial charge in [0.1, 0.15) is 0 Å². The molecule has 0 fully saturated rings. The lowest BCUT2D eigenvalue weighted by Gasteiger charge is -2.13. The first-order valence-corrected chi connectivity index (χ1v) is 5.61. The summed E-state index contributed by atoms with van der Waals surface area (Å²) < 4.78 is 9.62. The standard InChI is InChI=1S/C11H13Cl2NO3/c1-16-11(17-2)10(15)14-6-7-3-4-8(12)5-9(7)13/h3-5,11H,6H2,1-2H3,(H,14,15). The van der Waals surface area contributed by atoms with E-state index < -0.39 is 6.29 Å². The summed E-state index contributed by atoms with van der Waals surface area (Å²) in [6.07, 6.45) is -0.916. The SMILES string of the molecule is COC(OC)C(=O)NCc1ccc(Cl)cc1Cl. The van der Waals surface area contributed by atoms with Crippen LogP contribution in [-0.4, -0.2) is 26.4 Å². The summed E-state index contributed by atoms with van der Waals surface area (Å²) in [6.45, 7) is 0.290. The van der Waals surface area contributed by atoms with Gasteiger partial charge in [-0.15, -0.1) is 0 Å². The number of carbonyl (C=O) groups is 1. The van der Waals surface area contributed by atoms with Gasteiger partial charge in [-0.2, -0.15) is 0 Å². The van der Waals surface area contributed by atoms with E-state index in [1.54, 1.807) is 18.2 Å². The van der Waals surface area contributed by atoms with Crippen LogP contribution in [0, 0.1) is 0 Å².